The molecule has 2 heterocycles. The number of rotatable bonds is 2. The van der Waals surface area contributed by atoms with Crippen molar-refractivity contribution in [3.63, 3.8) is 0 Å². The Labute approximate surface area is 121 Å². The second-order valence-corrected chi connectivity index (χ2v) is 4.77. The van der Waals surface area contributed by atoms with Crippen molar-refractivity contribution in [1.29, 1.82) is 0 Å². The first-order chi connectivity index (χ1) is 10.4. The molecule has 0 fully saturated rings. The van der Waals surface area contributed by atoms with E-state index in [1.807, 2.05) is 66.9 Å². The number of fused-ring (bicyclic) bond motifs is 1. The van der Waals surface area contributed by atoms with Gasteiger partial charge in [0.15, 0.2) is 0 Å². The van der Waals surface area contributed by atoms with Crippen LogP contribution >= 0.6 is 0 Å². The summed E-state index contributed by atoms with van der Waals surface area (Å²) in [6.45, 7) is 0. The molecule has 0 atom stereocenters. The molecule has 4 heteroatoms. The van der Waals surface area contributed by atoms with E-state index in [0.717, 1.165) is 33.4 Å². The van der Waals surface area contributed by atoms with Crippen LogP contribution in [0.5, 0.6) is 0 Å². The summed E-state index contributed by atoms with van der Waals surface area (Å²) in [4.78, 5) is 4.60. The predicted octanol–water partition coefficient (Wildman–Crippen LogP) is 3.69. The Morgan fingerprint density at radius 3 is 2.00 bits per heavy atom. The van der Waals surface area contributed by atoms with Crippen LogP contribution in [-0.4, -0.2) is 20.4 Å². The zero-order valence-electron chi connectivity index (χ0n) is 11.2. The van der Waals surface area contributed by atoms with Crippen LogP contribution in [0, 0.1) is 0 Å². The number of hydrogen-bond donors (Lipinski definition) is 1. The predicted molar refractivity (Wildman–Crippen MR) is 82.6 cm³/mol. The van der Waals surface area contributed by atoms with E-state index < -0.39 is 0 Å². The van der Waals surface area contributed by atoms with Crippen molar-refractivity contribution >= 4 is 11.0 Å². The summed E-state index contributed by atoms with van der Waals surface area (Å²) in [6.07, 6.45) is 1.86. The Morgan fingerprint density at radius 2 is 1.29 bits per heavy atom. The summed E-state index contributed by atoms with van der Waals surface area (Å²) in [5, 5.41) is 11.3. The summed E-state index contributed by atoms with van der Waals surface area (Å²) < 4.78 is 0. The van der Waals surface area contributed by atoms with Gasteiger partial charge in [0.25, 0.3) is 0 Å². The summed E-state index contributed by atoms with van der Waals surface area (Å²) in [6, 6.07) is 20.1. The number of nitrogens with zero attached hydrogens (tertiary/aromatic N) is 3. The minimum absolute atomic E-state index is 0.794. The lowest BCUT2D eigenvalue weighted by atomic mass is 10.0. The van der Waals surface area contributed by atoms with E-state index in [0.29, 0.717) is 0 Å². The van der Waals surface area contributed by atoms with Crippen molar-refractivity contribution in [1.82, 2.24) is 20.4 Å². The topological polar surface area (TPSA) is 54.5 Å². The van der Waals surface area contributed by atoms with E-state index in [9.17, 15) is 0 Å². The van der Waals surface area contributed by atoms with Gasteiger partial charge in [-0.1, -0.05) is 60.7 Å². The van der Waals surface area contributed by atoms with Gasteiger partial charge in [-0.05, 0) is 5.56 Å². The highest BCUT2D eigenvalue weighted by atomic mass is 15.3. The third-order valence-electron chi connectivity index (χ3n) is 3.48. The molecular weight excluding hydrogens is 260 g/mol. The summed E-state index contributed by atoms with van der Waals surface area (Å²) in [5.41, 5.74) is 5.59. The number of nitrogens with one attached hydrogen (secondary N) is 1. The number of benzene rings is 2. The van der Waals surface area contributed by atoms with Gasteiger partial charge in [0.1, 0.15) is 16.7 Å². The summed E-state index contributed by atoms with van der Waals surface area (Å²) in [5.74, 6) is 0. The highest BCUT2D eigenvalue weighted by molar-refractivity contribution is 5.97. The SMILES string of the molecule is c1ccc(-c2cnc(-c3ccccc3)c3n[nH]nc23)cc1. The monoisotopic (exact) mass is 272 g/mol. The Morgan fingerprint density at radius 1 is 0.667 bits per heavy atom. The van der Waals surface area contributed by atoms with Crippen LogP contribution in [0.4, 0.5) is 0 Å². The molecule has 0 amide bonds. The average molecular weight is 272 g/mol. The van der Waals surface area contributed by atoms with Crippen LogP contribution in [0.2, 0.25) is 0 Å². The van der Waals surface area contributed by atoms with Gasteiger partial charge >= 0.3 is 0 Å². The van der Waals surface area contributed by atoms with Gasteiger partial charge in [0.2, 0.25) is 0 Å². The van der Waals surface area contributed by atoms with Gasteiger partial charge in [-0.25, -0.2) is 0 Å². The third-order valence-corrected chi connectivity index (χ3v) is 3.48. The summed E-state index contributed by atoms with van der Waals surface area (Å²) in [7, 11) is 0. The van der Waals surface area contributed by atoms with Crippen molar-refractivity contribution in [2.24, 2.45) is 0 Å². The van der Waals surface area contributed by atoms with Gasteiger partial charge in [0.05, 0.1) is 0 Å². The Kier molecular flexibility index (Phi) is 2.71. The maximum absolute atomic E-state index is 4.60. The lowest BCUT2D eigenvalue weighted by Gasteiger charge is -2.05. The Hall–Kier alpha value is -3.01. The van der Waals surface area contributed by atoms with E-state index >= 15 is 0 Å². The Balaban J connectivity index is 1.97. The van der Waals surface area contributed by atoms with Crippen LogP contribution in [0.15, 0.2) is 66.9 Å². The fourth-order valence-corrected chi connectivity index (χ4v) is 2.47. The van der Waals surface area contributed by atoms with Gasteiger partial charge in [-0.15, -0.1) is 0 Å². The molecule has 0 aliphatic carbocycles. The molecule has 2 aromatic carbocycles. The minimum Gasteiger partial charge on any atom is -0.253 e. The summed E-state index contributed by atoms with van der Waals surface area (Å²) >= 11 is 0. The fourth-order valence-electron chi connectivity index (χ4n) is 2.47. The Bertz CT molecular complexity index is 809. The number of hydrogen-bond acceptors (Lipinski definition) is 3. The molecule has 0 aliphatic heterocycles. The smallest absolute Gasteiger partial charge is 0.139 e. The molecule has 21 heavy (non-hydrogen) atoms. The molecule has 4 nitrogen and oxygen atoms in total. The van der Waals surface area contributed by atoms with Gasteiger partial charge in [-0.3, -0.25) is 4.98 Å². The largest absolute Gasteiger partial charge is 0.253 e. The van der Waals surface area contributed by atoms with E-state index in [-0.39, 0.29) is 0 Å². The first-order valence-corrected chi connectivity index (χ1v) is 6.74. The van der Waals surface area contributed by atoms with E-state index in [1.54, 1.807) is 0 Å². The standard InChI is InChI=1S/C17H12N4/c1-3-7-12(8-4-1)14-11-18-15(13-9-5-2-6-10-13)17-16(14)19-21-20-17/h1-11H,(H,19,20,21). The molecule has 100 valence electrons. The zero-order chi connectivity index (χ0) is 14.1. The van der Waals surface area contributed by atoms with Crippen molar-refractivity contribution in [2.75, 3.05) is 0 Å². The highest BCUT2D eigenvalue weighted by Crippen LogP contribution is 2.30. The lowest BCUT2D eigenvalue weighted by Crippen LogP contribution is -1.89. The van der Waals surface area contributed by atoms with Crippen LogP contribution < -0.4 is 0 Å². The van der Waals surface area contributed by atoms with Crippen molar-refractivity contribution in [3.8, 4) is 22.4 Å². The molecule has 0 saturated carbocycles. The fraction of sp³-hybridized carbons (Fsp3) is 0. The van der Waals surface area contributed by atoms with Crippen molar-refractivity contribution < 1.29 is 0 Å². The van der Waals surface area contributed by atoms with Gasteiger partial charge < -0.3 is 0 Å². The number of aromatic nitrogens is 4. The molecule has 4 rings (SSSR count). The van der Waals surface area contributed by atoms with E-state index in [2.05, 4.69) is 20.4 Å². The minimum atomic E-state index is 0.794. The molecule has 0 aliphatic rings. The number of H-pyrrole nitrogens is 1. The van der Waals surface area contributed by atoms with Crippen LogP contribution in [0.25, 0.3) is 33.4 Å². The maximum atomic E-state index is 4.60. The van der Waals surface area contributed by atoms with E-state index in [4.69, 9.17) is 0 Å². The van der Waals surface area contributed by atoms with Gasteiger partial charge in [-0.2, -0.15) is 15.4 Å². The zero-order valence-corrected chi connectivity index (χ0v) is 11.2. The quantitative estimate of drug-likeness (QED) is 0.605. The van der Waals surface area contributed by atoms with E-state index in [1.165, 1.54) is 0 Å². The second kappa shape index (κ2) is 4.83. The number of aromatic amines is 1. The maximum Gasteiger partial charge on any atom is 0.139 e. The molecule has 4 aromatic rings. The highest BCUT2D eigenvalue weighted by Gasteiger charge is 2.13. The average Bonchev–Trinajstić information content (AvgIpc) is 3.05. The molecule has 0 radical (unpaired) electrons. The molecule has 1 N–H and O–H groups in total. The van der Waals surface area contributed by atoms with Crippen molar-refractivity contribution in [3.05, 3.63) is 66.9 Å². The normalized spacial score (nSPS) is 10.9. The van der Waals surface area contributed by atoms with Crippen LogP contribution in [-0.2, 0) is 0 Å². The van der Waals surface area contributed by atoms with Crippen LogP contribution in [0.1, 0.15) is 0 Å². The molecule has 0 bridgehead atoms. The molecule has 0 spiro atoms. The van der Waals surface area contributed by atoms with Gasteiger partial charge in [0, 0.05) is 17.3 Å². The van der Waals surface area contributed by atoms with Crippen molar-refractivity contribution in [2.45, 2.75) is 0 Å². The first-order valence-electron chi connectivity index (χ1n) is 6.74. The van der Waals surface area contributed by atoms with Crippen LogP contribution in [0.3, 0.4) is 0 Å². The molecular formula is C17H12N4. The first kappa shape index (κ1) is 11.8. The third kappa shape index (κ3) is 1.97. The lowest BCUT2D eigenvalue weighted by molar-refractivity contribution is 0.959. The second-order valence-electron chi connectivity index (χ2n) is 4.77. The molecule has 0 saturated heterocycles. The molecule has 0 unspecified atom stereocenters. The molecule has 2 aromatic heterocycles. The number of pyridine rings is 1.